The van der Waals surface area contributed by atoms with Gasteiger partial charge in [0.2, 0.25) is 0 Å². The largest absolute Gasteiger partial charge is 0.366 e. The van der Waals surface area contributed by atoms with Crippen LogP contribution in [-0.2, 0) is 6.54 Å². The van der Waals surface area contributed by atoms with Crippen LogP contribution >= 0.6 is 0 Å². The van der Waals surface area contributed by atoms with Crippen molar-refractivity contribution in [2.45, 2.75) is 26.4 Å². The molecular weight excluding hydrogens is 248 g/mol. The van der Waals surface area contributed by atoms with Gasteiger partial charge >= 0.3 is 0 Å². The molecule has 1 aromatic carbocycles. The van der Waals surface area contributed by atoms with Crippen molar-refractivity contribution in [1.82, 2.24) is 14.8 Å². The fraction of sp³-hybridized carbons (Fsp3) is 0.250. The second-order valence-corrected chi connectivity index (χ2v) is 5.12. The number of hydrogen-bond acceptors (Lipinski definition) is 3. The summed E-state index contributed by atoms with van der Waals surface area (Å²) in [5.74, 6) is 0.948. The zero-order valence-electron chi connectivity index (χ0n) is 11.7. The zero-order valence-corrected chi connectivity index (χ0v) is 11.7. The Bertz CT molecular complexity index is 704. The van der Waals surface area contributed by atoms with Crippen LogP contribution in [0.2, 0.25) is 0 Å². The SMILES string of the molecule is Cc1cc2ccccc2nc1NC(C)Cn1cccn1. The van der Waals surface area contributed by atoms with E-state index < -0.39 is 0 Å². The van der Waals surface area contributed by atoms with Gasteiger partial charge in [0.15, 0.2) is 0 Å². The summed E-state index contributed by atoms with van der Waals surface area (Å²) in [7, 11) is 0. The van der Waals surface area contributed by atoms with Crippen molar-refractivity contribution in [2.24, 2.45) is 0 Å². The Morgan fingerprint density at radius 3 is 2.90 bits per heavy atom. The van der Waals surface area contributed by atoms with Crippen LogP contribution in [0.3, 0.4) is 0 Å². The normalized spacial score (nSPS) is 12.5. The van der Waals surface area contributed by atoms with E-state index in [1.165, 1.54) is 5.39 Å². The van der Waals surface area contributed by atoms with Crippen LogP contribution in [0.4, 0.5) is 5.82 Å². The lowest BCUT2D eigenvalue weighted by molar-refractivity contribution is 0.559. The molecule has 2 heterocycles. The molecule has 1 atom stereocenters. The van der Waals surface area contributed by atoms with Gasteiger partial charge in [-0.05, 0) is 37.6 Å². The number of rotatable bonds is 4. The maximum Gasteiger partial charge on any atom is 0.129 e. The fourth-order valence-electron chi connectivity index (χ4n) is 2.34. The number of pyridine rings is 1. The summed E-state index contributed by atoms with van der Waals surface area (Å²) < 4.78 is 1.92. The second kappa shape index (κ2) is 5.33. The molecule has 0 fully saturated rings. The average molecular weight is 266 g/mol. The molecular formula is C16H18N4. The lowest BCUT2D eigenvalue weighted by Gasteiger charge is -2.16. The van der Waals surface area contributed by atoms with E-state index in [9.17, 15) is 0 Å². The highest BCUT2D eigenvalue weighted by Gasteiger charge is 2.08. The van der Waals surface area contributed by atoms with Crippen LogP contribution in [0.1, 0.15) is 12.5 Å². The minimum Gasteiger partial charge on any atom is -0.366 e. The first-order valence-corrected chi connectivity index (χ1v) is 6.83. The van der Waals surface area contributed by atoms with Gasteiger partial charge in [-0.1, -0.05) is 18.2 Å². The summed E-state index contributed by atoms with van der Waals surface area (Å²) in [5, 5.41) is 8.87. The molecule has 1 unspecified atom stereocenters. The molecule has 1 N–H and O–H groups in total. The summed E-state index contributed by atoms with van der Waals surface area (Å²) in [6.07, 6.45) is 3.77. The van der Waals surface area contributed by atoms with Crippen molar-refractivity contribution >= 4 is 16.7 Å². The summed E-state index contributed by atoms with van der Waals surface area (Å²) in [6, 6.07) is 12.6. The maximum absolute atomic E-state index is 4.70. The molecule has 0 aliphatic heterocycles. The Labute approximate surface area is 118 Å². The monoisotopic (exact) mass is 266 g/mol. The van der Waals surface area contributed by atoms with Crippen LogP contribution < -0.4 is 5.32 Å². The predicted molar refractivity (Wildman–Crippen MR) is 81.8 cm³/mol. The molecule has 0 radical (unpaired) electrons. The van der Waals surface area contributed by atoms with Gasteiger partial charge in [0.25, 0.3) is 0 Å². The van der Waals surface area contributed by atoms with Crippen LogP contribution in [0.25, 0.3) is 10.9 Å². The van der Waals surface area contributed by atoms with Gasteiger partial charge in [-0.15, -0.1) is 0 Å². The van der Waals surface area contributed by atoms with Crippen molar-refractivity contribution in [3.63, 3.8) is 0 Å². The molecule has 4 heteroatoms. The molecule has 4 nitrogen and oxygen atoms in total. The van der Waals surface area contributed by atoms with Crippen molar-refractivity contribution < 1.29 is 0 Å². The number of aromatic nitrogens is 3. The number of para-hydroxylation sites is 1. The molecule has 0 aliphatic carbocycles. The van der Waals surface area contributed by atoms with E-state index in [1.54, 1.807) is 6.20 Å². The Balaban J connectivity index is 1.81. The highest BCUT2D eigenvalue weighted by molar-refractivity contribution is 5.81. The number of nitrogens with one attached hydrogen (secondary N) is 1. The standard InChI is InChI=1S/C16H18N4/c1-12-10-14-6-3-4-7-15(14)19-16(12)18-13(2)11-20-9-5-8-17-20/h3-10,13H,11H2,1-2H3,(H,18,19). The summed E-state index contributed by atoms with van der Waals surface area (Å²) in [4.78, 5) is 4.70. The second-order valence-electron chi connectivity index (χ2n) is 5.12. The highest BCUT2D eigenvalue weighted by Crippen LogP contribution is 2.20. The smallest absolute Gasteiger partial charge is 0.129 e. The molecule has 102 valence electrons. The van der Waals surface area contributed by atoms with E-state index in [2.05, 4.69) is 36.4 Å². The Hall–Kier alpha value is -2.36. The predicted octanol–water partition coefficient (Wildman–Crippen LogP) is 3.24. The molecule has 0 saturated heterocycles. The lowest BCUT2D eigenvalue weighted by atomic mass is 10.1. The maximum atomic E-state index is 4.70. The van der Waals surface area contributed by atoms with Crippen molar-refractivity contribution in [1.29, 1.82) is 0 Å². The van der Waals surface area contributed by atoms with E-state index in [0.29, 0.717) is 0 Å². The van der Waals surface area contributed by atoms with Crippen LogP contribution in [0, 0.1) is 6.92 Å². The Kier molecular flexibility index (Phi) is 3.37. The van der Waals surface area contributed by atoms with Crippen LogP contribution in [-0.4, -0.2) is 20.8 Å². The number of nitrogens with zero attached hydrogens (tertiary/aromatic N) is 3. The quantitative estimate of drug-likeness (QED) is 0.788. The first kappa shape index (κ1) is 12.7. The topological polar surface area (TPSA) is 42.7 Å². The molecule has 0 bridgehead atoms. The van der Waals surface area contributed by atoms with E-state index in [1.807, 2.05) is 35.1 Å². The minimum atomic E-state index is 0.266. The number of aryl methyl sites for hydroxylation is 1. The van der Waals surface area contributed by atoms with Gasteiger partial charge in [-0.2, -0.15) is 5.10 Å². The van der Waals surface area contributed by atoms with Gasteiger partial charge in [0.1, 0.15) is 5.82 Å². The molecule has 3 rings (SSSR count). The lowest BCUT2D eigenvalue weighted by Crippen LogP contribution is -2.23. The first-order valence-electron chi connectivity index (χ1n) is 6.83. The van der Waals surface area contributed by atoms with Gasteiger partial charge in [0.05, 0.1) is 12.1 Å². The third-order valence-electron chi connectivity index (χ3n) is 3.32. The van der Waals surface area contributed by atoms with Crippen molar-refractivity contribution in [3.8, 4) is 0 Å². The van der Waals surface area contributed by atoms with Gasteiger partial charge < -0.3 is 5.32 Å². The average Bonchev–Trinajstić information content (AvgIpc) is 2.92. The van der Waals surface area contributed by atoms with Gasteiger partial charge in [0, 0.05) is 23.8 Å². The van der Waals surface area contributed by atoms with E-state index in [0.717, 1.165) is 23.4 Å². The highest BCUT2D eigenvalue weighted by atomic mass is 15.3. The molecule has 0 aliphatic rings. The molecule has 3 aromatic rings. The number of hydrogen-bond donors (Lipinski definition) is 1. The fourth-order valence-corrected chi connectivity index (χ4v) is 2.34. The minimum absolute atomic E-state index is 0.266. The molecule has 20 heavy (non-hydrogen) atoms. The molecule has 0 spiro atoms. The summed E-state index contributed by atoms with van der Waals surface area (Å²) >= 11 is 0. The summed E-state index contributed by atoms with van der Waals surface area (Å²) in [6.45, 7) is 5.04. The third kappa shape index (κ3) is 2.64. The molecule has 2 aromatic heterocycles. The van der Waals surface area contributed by atoms with E-state index in [4.69, 9.17) is 4.98 Å². The van der Waals surface area contributed by atoms with Crippen LogP contribution in [0.15, 0.2) is 48.8 Å². The molecule has 0 amide bonds. The van der Waals surface area contributed by atoms with E-state index >= 15 is 0 Å². The number of anilines is 1. The number of fused-ring (bicyclic) bond motifs is 1. The first-order chi connectivity index (χ1) is 9.72. The zero-order chi connectivity index (χ0) is 13.9. The van der Waals surface area contributed by atoms with Gasteiger partial charge in [-0.3, -0.25) is 4.68 Å². The summed E-state index contributed by atoms with van der Waals surface area (Å²) in [5.41, 5.74) is 2.18. The number of benzene rings is 1. The third-order valence-corrected chi connectivity index (χ3v) is 3.32. The van der Waals surface area contributed by atoms with Crippen molar-refractivity contribution in [2.75, 3.05) is 5.32 Å². The van der Waals surface area contributed by atoms with E-state index in [-0.39, 0.29) is 6.04 Å². The van der Waals surface area contributed by atoms with Gasteiger partial charge in [-0.25, -0.2) is 4.98 Å². The van der Waals surface area contributed by atoms with Crippen LogP contribution in [0.5, 0.6) is 0 Å². The Morgan fingerprint density at radius 2 is 2.10 bits per heavy atom. The van der Waals surface area contributed by atoms with Crippen molar-refractivity contribution in [3.05, 3.63) is 54.4 Å². The molecule has 0 saturated carbocycles. The Morgan fingerprint density at radius 1 is 1.25 bits per heavy atom.